The van der Waals surface area contributed by atoms with E-state index in [0.717, 1.165) is 39.7 Å². The molecule has 0 fully saturated rings. The lowest BCUT2D eigenvalue weighted by molar-refractivity contribution is 0.102. The highest BCUT2D eigenvalue weighted by Crippen LogP contribution is 2.25. The first-order valence-electron chi connectivity index (χ1n) is 8.14. The number of aromatic nitrogens is 1. The Labute approximate surface area is 146 Å². The number of fused-ring (bicyclic) bond motifs is 1. The lowest BCUT2D eigenvalue weighted by atomic mass is 10.1. The van der Waals surface area contributed by atoms with Gasteiger partial charge in [0.15, 0.2) is 0 Å². The zero-order valence-corrected chi connectivity index (χ0v) is 15.0. The predicted molar refractivity (Wildman–Crippen MR) is 102 cm³/mol. The quantitative estimate of drug-likeness (QED) is 0.732. The van der Waals surface area contributed by atoms with E-state index >= 15 is 0 Å². The van der Waals surface area contributed by atoms with Crippen molar-refractivity contribution >= 4 is 38.8 Å². The fraction of sp³-hybridized carbons (Fsp3) is 0.263. The number of carbonyl (C=O) groups is 1. The summed E-state index contributed by atoms with van der Waals surface area (Å²) in [4.78, 5) is 19.1. The predicted octanol–water partition coefficient (Wildman–Crippen LogP) is 4.70. The number of nitrogens with one attached hydrogen (secondary N) is 1. The maximum Gasteiger partial charge on any atom is 0.255 e. The van der Waals surface area contributed by atoms with Crippen molar-refractivity contribution in [2.45, 2.75) is 20.8 Å². The molecule has 1 aromatic heterocycles. The van der Waals surface area contributed by atoms with Crippen LogP contribution in [0.4, 0.5) is 11.4 Å². The molecule has 3 aromatic rings. The fourth-order valence-corrected chi connectivity index (χ4v) is 3.60. The minimum absolute atomic E-state index is 0.0957. The molecule has 0 aliphatic carbocycles. The number of hydrogen-bond donors (Lipinski definition) is 1. The topological polar surface area (TPSA) is 45.2 Å². The monoisotopic (exact) mass is 339 g/mol. The second-order valence-electron chi connectivity index (χ2n) is 5.59. The average molecular weight is 339 g/mol. The number of benzene rings is 2. The first-order chi connectivity index (χ1) is 11.6. The second-order valence-corrected chi connectivity index (χ2v) is 6.82. The first kappa shape index (κ1) is 16.5. The van der Waals surface area contributed by atoms with E-state index in [1.807, 2.05) is 49.4 Å². The SMILES string of the molecule is CCN(CC)c1ccc(C(=O)Nc2ccc3nc(C)sc3c2)cc1. The van der Waals surface area contributed by atoms with Crippen LogP contribution in [0.25, 0.3) is 10.2 Å². The zero-order chi connectivity index (χ0) is 17.1. The van der Waals surface area contributed by atoms with Crippen molar-refractivity contribution in [3.05, 3.63) is 53.0 Å². The summed E-state index contributed by atoms with van der Waals surface area (Å²) in [6.07, 6.45) is 0. The number of aryl methyl sites for hydroxylation is 1. The average Bonchev–Trinajstić information content (AvgIpc) is 2.96. The Morgan fingerprint density at radius 3 is 2.50 bits per heavy atom. The third-order valence-electron chi connectivity index (χ3n) is 4.01. The molecule has 24 heavy (non-hydrogen) atoms. The van der Waals surface area contributed by atoms with Crippen molar-refractivity contribution in [2.24, 2.45) is 0 Å². The molecule has 124 valence electrons. The van der Waals surface area contributed by atoms with Crippen LogP contribution in [-0.4, -0.2) is 24.0 Å². The largest absolute Gasteiger partial charge is 0.372 e. The van der Waals surface area contributed by atoms with Crippen molar-refractivity contribution in [3.63, 3.8) is 0 Å². The molecule has 0 unspecified atom stereocenters. The molecular formula is C19H21N3OS. The smallest absolute Gasteiger partial charge is 0.255 e. The van der Waals surface area contributed by atoms with Crippen molar-refractivity contribution in [3.8, 4) is 0 Å². The van der Waals surface area contributed by atoms with Gasteiger partial charge in [-0.05, 0) is 63.2 Å². The van der Waals surface area contributed by atoms with E-state index in [1.165, 1.54) is 0 Å². The van der Waals surface area contributed by atoms with Crippen LogP contribution >= 0.6 is 11.3 Å². The number of anilines is 2. The van der Waals surface area contributed by atoms with E-state index in [4.69, 9.17) is 0 Å². The Hall–Kier alpha value is -2.40. The second kappa shape index (κ2) is 7.01. The Bertz CT molecular complexity index is 851. The molecule has 0 bridgehead atoms. The third-order valence-corrected chi connectivity index (χ3v) is 4.94. The van der Waals surface area contributed by atoms with Crippen LogP contribution in [0.15, 0.2) is 42.5 Å². The summed E-state index contributed by atoms with van der Waals surface area (Å²) in [5.74, 6) is -0.0957. The highest BCUT2D eigenvalue weighted by molar-refractivity contribution is 7.18. The van der Waals surface area contributed by atoms with Crippen LogP contribution in [0.5, 0.6) is 0 Å². The summed E-state index contributed by atoms with van der Waals surface area (Å²) in [5, 5.41) is 3.99. The lowest BCUT2D eigenvalue weighted by Gasteiger charge is -2.21. The van der Waals surface area contributed by atoms with Crippen LogP contribution in [0.2, 0.25) is 0 Å². The number of carbonyl (C=O) groups excluding carboxylic acids is 1. The van der Waals surface area contributed by atoms with Gasteiger partial charge in [-0.3, -0.25) is 4.79 Å². The Kier molecular flexibility index (Phi) is 4.81. The van der Waals surface area contributed by atoms with Crippen LogP contribution in [0, 0.1) is 6.92 Å². The van der Waals surface area contributed by atoms with E-state index in [0.29, 0.717) is 5.56 Å². The minimum Gasteiger partial charge on any atom is -0.372 e. The highest BCUT2D eigenvalue weighted by atomic mass is 32.1. The van der Waals surface area contributed by atoms with Crippen LogP contribution in [0.3, 0.4) is 0 Å². The van der Waals surface area contributed by atoms with Crippen LogP contribution in [0.1, 0.15) is 29.2 Å². The molecule has 0 aliphatic rings. The molecule has 0 spiro atoms. The fourth-order valence-electron chi connectivity index (χ4n) is 2.73. The lowest BCUT2D eigenvalue weighted by Crippen LogP contribution is -2.21. The molecule has 1 N–H and O–H groups in total. The van der Waals surface area contributed by atoms with Gasteiger partial charge in [0.1, 0.15) is 0 Å². The molecule has 0 aliphatic heterocycles. The standard InChI is InChI=1S/C19H21N3OS/c1-4-22(5-2)16-9-6-14(7-10-16)19(23)21-15-8-11-17-18(12-15)24-13(3)20-17/h6-12H,4-5H2,1-3H3,(H,21,23). The van der Waals surface area contributed by atoms with Gasteiger partial charge in [-0.1, -0.05) is 0 Å². The summed E-state index contributed by atoms with van der Waals surface area (Å²) in [6, 6.07) is 13.6. The van der Waals surface area contributed by atoms with Gasteiger partial charge >= 0.3 is 0 Å². The summed E-state index contributed by atoms with van der Waals surface area (Å²) in [6.45, 7) is 8.15. The number of thiazole rings is 1. The molecule has 0 saturated heterocycles. The van der Waals surface area contributed by atoms with E-state index in [1.54, 1.807) is 11.3 Å². The maximum atomic E-state index is 12.4. The normalized spacial score (nSPS) is 10.8. The van der Waals surface area contributed by atoms with Gasteiger partial charge in [0, 0.05) is 30.0 Å². The molecule has 2 aromatic carbocycles. The Morgan fingerprint density at radius 2 is 1.83 bits per heavy atom. The van der Waals surface area contributed by atoms with E-state index in [-0.39, 0.29) is 5.91 Å². The molecule has 0 radical (unpaired) electrons. The number of hydrogen-bond acceptors (Lipinski definition) is 4. The summed E-state index contributed by atoms with van der Waals surface area (Å²) < 4.78 is 1.09. The van der Waals surface area contributed by atoms with Crippen LogP contribution in [-0.2, 0) is 0 Å². The van der Waals surface area contributed by atoms with Crippen molar-refractivity contribution in [1.82, 2.24) is 4.98 Å². The number of nitrogens with zero attached hydrogens (tertiary/aromatic N) is 2. The van der Waals surface area contributed by atoms with Gasteiger partial charge in [0.05, 0.1) is 15.2 Å². The van der Waals surface area contributed by atoms with Gasteiger partial charge < -0.3 is 10.2 Å². The summed E-state index contributed by atoms with van der Waals surface area (Å²) in [7, 11) is 0. The summed E-state index contributed by atoms with van der Waals surface area (Å²) >= 11 is 1.63. The summed E-state index contributed by atoms with van der Waals surface area (Å²) in [5.41, 5.74) is 3.56. The molecule has 3 rings (SSSR count). The van der Waals surface area contributed by atoms with Gasteiger partial charge in [-0.2, -0.15) is 0 Å². The third kappa shape index (κ3) is 3.41. The first-order valence-corrected chi connectivity index (χ1v) is 8.96. The van der Waals surface area contributed by atoms with Gasteiger partial charge in [0.25, 0.3) is 5.91 Å². The molecule has 4 nitrogen and oxygen atoms in total. The van der Waals surface area contributed by atoms with E-state index in [9.17, 15) is 4.79 Å². The minimum atomic E-state index is -0.0957. The number of amides is 1. The molecule has 0 saturated carbocycles. The number of rotatable bonds is 5. The molecule has 1 heterocycles. The van der Waals surface area contributed by atoms with Gasteiger partial charge in [0.2, 0.25) is 0 Å². The highest BCUT2D eigenvalue weighted by Gasteiger charge is 2.09. The molecule has 0 atom stereocenters. The maximum absolute atomic E-state index is 12.4. The van der Waals surface area contributed by atoms with Crippen molar-refractivity contribution < 1.29 is 4.79 Å². The molecule has 1 amide bonds. The molecule has 5 heteroatoms. The van der Waals surface area contributed by atoms with Gasteiger partial charge in [-0.25, -0.2) is 4.98 Å². The van der Waals surface area contributed by atoms with Crippen molar-refractivity contribution in [2.75, 3.05) is 23.3 Å². The van der Waals surface area contributed by atoms with Crippen molar-refractivity contribution in [1.29, 1.82) is 0 Å². The molecular weight excluding hydrogens is 318 g/mol. The zero-order valence-electron chi connectivity index (χ0n) is 14.2. The van der Waals surface area contributed by atoms with E-state index < -0.39 is 0 Å². The Morgan fingerprint density at radius 1 is 1.12 bits per heavy atom. The van der Waals surface area contributed by atoms with Crippen LogP contribution < -0.4 is 10.2 Å². The van der Waals surface area contributed by atoms with E-state index in [2.05, 4.69) is 29.0 Å². The van der Waals surface area contributed by atoms with Gasteiger partial charge in [-0.15, -0.1) is 11.3 Å². The Balaban J connectivity index is 1.75.